The van der Waals surface area contributed by atoms with Crippen LogP contribution in [0, 0.1) is 0 Å². The summed E-state index contributed by atoms with van der Waals surface area (Å²) in [5.41, 5.74) is 5.15. The summed E-state index contributed by atoms with van der Waals surface area (Å²) in [4.78, 5) is 27.6. The second-order valence-electron chi connectivity index (χ2n) is 5.81. The van der Waals surface area contributed by atoms with Gasteiger partial charge in [-0.05, 0) is 33.2 Å². The minimum absolute atomic E-state index is 0.0348. The zero-order valence-electron chi connectivity index (χ0n) is 13.1. The number of likely N-dealkylation sites (N-methyl/N-ethyl adjacent to an activating group) is 1. The first-order chi connectivity index (χ1) is 9.36. The fourth-order valence-electron chi connectivity index (χ4n) is 2.76. The van der Waals surface area contributed by atoms with Crippen molar-refractivity contribution in [3.63, 3.8) is 0 Å². The van der Waals surface area contributed by atoms with Crippen molar-refractivity contribution in [2.24, 2.45) is 5.73 Å². The Labute approximate surface area is 121 Å². The van der Waals surface area contributed by atoms with E-state index >= 15 is 0 Å². The molecular weight excluding hydrogens is 256 g/mol. The van der Waals surface area contributed by atoms with E-state index in [4.69, 9.17) is 5.73 Å². The second-order valence-corrected chi connectivity index (χ2v) is 5.81. The Morgan fingerprint density at radius 3 is 2.65 bits per heavy atom. The number of primary amides is 1. The van der Waals surface area contributed by atoms with Gasteiger partial charge < -0.3 is 20.9 Å². The zero-order valence-corrected chi connectivity index (χ0v) is 13.1. The summed E-state index contributed by atoms with van der Waals surface area (Å²) in [6, 6.07) is -0.431. The first-order valence-electron chi connectivity index (χ1n) is 7.39. The molecule has 1 aliphatic rings. The number of nitrogens with two attached hydrogens (primary N) is 1. The van der Waals surface area contributed by atoms with Crippen LogP contribution in [0.5, 0.6) is 0 Å². The third kappa shape index (κ3) is 4.37. The molecule has 0 aromatic carbocycles. The number of nitrogens with zero attached hydrogens (tertiary/aromatic N) is 2. The quantitative estimate of drug-likeness (QED) is 0.782. The molecule has 0 bridgehead atoms. The molecule has 3 amide bonds. The van der Waals surface area contributed by atoms with E-state index in [0.717, 1.165) is 25.8 Å². The van der Waals surface area contributed by atoms with Crippen LogP contribution in [0.25, 0.3) is 0 Å². The lowest BCUT2D eigenvalue weighted by Crippen LogP contribution is -2.54. The summed E-state index contributed by atoms with van der Waals surface area (Å²) in [6.07, 6.45) is 3.38. The van der Waals surface area contributed by atoms with E-state index in [1.807, 2.05) is 14.0 Å². The Morgan fingerprint density at radius 1 is 1.50 bits per heavy atom. The number of urea groups is 1. The molecule has 0 radical (unpaired) electrons. The highest BCUT2D eigenvalue weighted by atomic mass is 16.2. The molecule has 116 valence electrons. The maximum absolute atomic E-state index is 12.5. The van der Waals surface area contributed by atoms with Gasteiger partial charge in [0.25, 0.3) is 0 Å². The highest BCUT2D eigenvalue weighted by molar-refractivity contribution is 5.86. The largest absolute Gasteiger partial charge is 0.352 e. The molecule has 1 saturated heterocycles. The number of carbonyl (C=O) groups excluding carboxylic acids is 2. The Bertz CT molecular complexity index is 348. The minimum atomic E-state index is -0.637. The lowest BCUT2D eigenvalue weighted by molar-refractivity contribution is -0.135. The fraction of sp³-hybridized carbons (Fsp3) is 0.857. The van der Waals surface area contributed by atoms with E-state index in [9.17, 15) is 9.59 Å². The molecule has 3 atom stereocenters. The molecule has 3 N–H and O–H groups in total. The monoisotopic (exact) mass is 284 g/mol. The van der Waals surface area contributed by atoms with Crippen molar-refractivity contribution < 1.29 is 9.59 Å². The minimum Gasteiger partial charge on any atom is -0.352 e. The maximum atomic E-state index is 12.5. The standard InChI is InChI=1S/C14H28N4O2/c1-5-6-12(16-14(15)20)13(19)18(4)11-7-8-17(3)10(2)9-11/h10-12H,5-9H2,1-4H3,(H3,15,16,20)/t10?,11?,12-/m1/s1. The third-order valence-corrected chi connectivity index (χ3v) is 4.27. The molecule has 20 heavy (non-hydrogen) atoms. The van der Waals surface area contributed by atoms with Crippen molar-refractivity contribution in [1.82, 2.24) is 15.1 Å². The number of piperidine rings is 1. The predicted octanol–water partition coefficient (Wildman–Crippen LogP) is 0.765. The number of amides is 3. The van der Waals surface area contributed by atoms with Crippen molar-refractivity contribution in [2.45, 2.75) is 57.7 Å². The van der Waals surface area contributed by atoms with Crippen molar-refractivity contribution in [2.75, 3.05) is 20.6 Å². The smallest absolute Gasteiger partial charge is 0.312 e. The molecule has 0 spiro atoms. The van der Waals surface area contributed by atoms with Crippen LogP contribution in [-0.4, -0.2) is 60.5 Å². The molecule has 1 heterocycles. The van der Waals surface area contributed by atoms with Crippen LogP contribution in [0.4, 0.5) is 4.79 Å². The average Bonchev–Trinajstić information content (AvgIpc) is 2.39. The Balaban J connectivity index is 2.65. The molecule has 0 saturated carbocycles. The summed E-state index contributed by atoms with van der Waals surface area (Å²) >= 11 is 0. The molecule has 0 aliphatic carbocycles. The van der Waals surface area contributed by atoms with Gasteiger partial charge in [-0.1, -0.05) is 13.3 Å². The van der Waals surface area contributed by atoms with Crippen LogP contribution in [0.15, 0.2) is 0 Å². The van der Waals surface area contributed by atoms with E-state index in [-0.39, 0.29) is 11.9 Å². The third-order valence-electron chi connectivity index (χ3n) is 4.27. The topological polar surface area (TPSA) is 78.7 Å². The molecule has 6 heteroatoms. The van der Waals surface area contributed by atoms with Crippen LogP contribution in [0.2, 0.25) is 0 Å². The summed E-state index contributed by atoms with van der Waals surface area (Å²) in [5.74, 6) is -0.0348. The van der Waals surface area contributed by atoms with Gasteiger partial charge in [-0.25, -0.2) is 4.79 Å². The Morgan fingerprint density at radius 2 is 2.15 bits per heavy atom. The van der Waals surface area contributed by atoms with Crippen LogP contribution in [0.3, 0.4) is 0 Å². The van der Waals surface area contributed by atoms with E-state index in [0.29, 0.717) is 12.5 Å². The highest BCUT2D eigenvalue weighted by Gasteiger charge is 2.31. The van der Waals surface area contributed by atoms with Crippen LogP contribution < -0.4 is 11.1 Å². The van der Waals surface area contributed by atoms with Crippen molar-refractivity contribution in [1.29, 1.82) is 0 Å². The molecule has 0 aromatic rings. The average molecular weight is 284 g/mol. The van der Waals surface area contributed by atoms with Gasteiger partial charge in [0.2, 0.25) is 5.91 Å². The number of carbonyl (C=O) groups is 2. The van der Waals surface area contributed by atoms with Gasteiger partial charge in [0.05, 0.1) is 0 Å². The van der Waals surface area contributed by atoms with Gasteiger partial charge in [0, 0.05) is 25.7 Å². The SMILES string of the molecule is CCC[C@@H](NC(N)=O)C(=O)N(C)C1CCN(C)C(C)C1. The Kier molecular flexibility index (Phi) is 6.26. The molecule has 0 aromatic heterocycles. The van der Waals surface area contributed by atoms with Gasteiger partial charge in [-0.2, -0.15) is 0 Å². The molecule has 2 unspecified atom stereocenters. The zero-order chi connectivity index (χ0) is 15.3. The molecule has 6 nitrogen and oxygen atoms in total. The molecular formula is C14H28N4O2. The van der Waals surface area contributed by atoms with Crippen LogP contribution in [-0.2, 0) is 4.79 Å². The molecule has 1 aliphatic heterocycles. The summed E-state index contributed by atoms with van der Waals surface area (Å²) in [7, 11) is 3.94. The van der Waals surface area contributed by atoms with Gasteiger partial charge in [-0.3, -0.25) is 4.79 Å². The number of hydrogen-bond donors (Lipinski definition) is 2. The molecule has 1 fully saturated rings. The number of nitrogens with one attached hydrogen (secondary N) is 1. The summed E-state index contributed by atoms with van der Waals surface area (Å²) in [6.45, 7) is 5.15. The first kappa shape index (κ1) is 16.8. The maximum Gasteiger partial charge on any atom is 0.312 e. The van der Waals surface area contributed by atoms with Gasteiger partial charge in [0.1, 0.15) is 6.04 Å². The van der Waals surface area contributed by atoms with Gasteiger partial charge >= 0.3 is 6.03 Å². The van der Waals surface area contributed by atoms with Gasteiger partial charge in [-0.15, -0.1) is 0 Å². The number of rotatable bonds is 5. The fourth-order valence-corrected chi connectivity index (χ4v) is 2.76. The Hall–Kier alpha value is -1.30. The van der Waals surface area contributed by atoms with E-state index in [2.05, 4.69) is 24.2 Å². The van der Waals surface area contributed by atoms with E-state index in [1.165, 1.54) is 0 Å². The lowest BCUT2D eigenvalue weighted by atomic mass is 9.97. The van der Waals surface area contributed by atoms with Crippen LogP contribution >= 0.6 is 0 Å². The van der Waals surface area contributed by atoms with Crippen molar-refractivity contribution >= 4 is 11.9 Å². The van der Waals surface area contributed by atoms with Crippen LogP contribution in [0.1, 0.15) is 39.5 Å². The second kappa shape index (κ2) is 7.47. The predicted molar refractivity (Wildman–Crippen MR) is 79.3 cm³/mol. The highest BCUT2D eigenvalue weighted by Crippen LogP contribution is 2.20. The lowest BCUT2D eigenvalue weighted by Gasteiger charge is -2.40. The van der Waals surface area contributed by atoms with E-state index in [1.54, 1.807) is 4.90 Å². The normalized spacial score (nSPS) is 25.0. The number of likely N-dealkylation sites (tertiary alicyclic amines) is 1. The van der Waals surface area contributed by atoms with E-state index < -0.39 is 12.1 Å². The van der Waals surface area contributed by atoms with Crippen molar-refractivity contribution in [3.8, 4) is 0 Å². The summed E-state index contributed by atoms with van der Waals surface area (Å²) in [5, 5.41) is 2.56. The van der Waals surface area contributed by atoms with Gasteiger partial charge in [0.15, 0.2) is 0 Å². The first-order valence-corrected chi connectivity index (χ1v) is 7.39. The molecule has 1 rings (SSSR count). The van der Waals surface area contributed by atoms with Crippen molar-refractivity contribution in [3.05, 3.63) is 0 Å². The summed E-state index contributed by atoms with van der Waals surface area (Å²) < 4.78 is 0. The number of hydrogen-bond acceptors (Lipinski definition) is 3.